The molecule has 0 spiro atoms. The number of piperazine rings is 1. The molecule has 0 amide bonds. The van der Waals surface area contributed by atoms with Crippen molar-refractivity contribution in [2.45, 2.75) is 44.7 Å². The van der Waals surface area contributed by atoms with Crippen LogP contribution < -0.4 is 5.32 Å². The number of benzene rings is 1. The number of hydrogen-bond acceptors (Lipinski definition) is 2. The molecule has 0 saturated carbocycles. The summed E-state index contributed by atoms with van der Waals surface area (Å²) in [5, 5.41) is 3.69. The van der Waals surface area contributed by atoms with Crippen molar-refractivity contribution in [1.82, 2.24) is 10.2 Å². The van der Waals surface area contributed by atoms with Crippen LogP contribution in [0, 0.1) is 12.3 Å². The molecule has 1 fully saturated rings. The first-order chi connectivity index (χ1) is 9.85. The molecule has 1 aliphatic heterocycles. The normalized spacial score (nSPS) is 23.4. The highest BCUT2D eigenvalue weighted by molar-refractivity contribution is 5.20. The summed E-state index contributed by atoms with van der Waals surface area (Å²) in [6.45, 7) is 5.65. The van der Waals surface area contributed by atoms with Crippen LogP contribution in [0.5, 0.6) is 0 Å². The minimum absolute atomic E-state index is 0.464. The van der Waals surface area contributed by atoms with Gasteiger partial charge in [0.2, 0.25) is 0 Å². The second-order valence-corrected chi connectivity index (χ2v) is 5.59. The van der Waals surface area contributed by atoms with E-state index in [9.17, 15) is 0 Å². The molecule has 1 aromatic carbocycles. The first-order valence-electron chi connectivity index (χ1n) is 7.81. The van der Waals surface area contributed by atoms with E-state index in [-0.39, 0.29) is 0 Å². The molecule has 2 heteroatoms. The minimum atomic E-state index is 0.464. The maximum absolute atomic E-state index is 5.33. The lowest BCUT2D eigenvalue weighted by Gasteiger charge is -2.40. The van der Waals surface area contributed by atoms with Crippen LogP contribution in [0.3, 0.4) is 0 Å². The number of terminal acetylenes is 1. The molecule has 1 saturated heterocycles. The Hall–Kier alpha value is -1.30. The van der Waals surface area contributed by atoms with Crippen LogP contribution in [0.25, 0.3) is 0 Å². The summed E-state index contributed by atoms with van der Waals surface area (Å²) in [4.78, 5) is 2.64. The van der Waals surface area contributed by atoms with Crippen LogP contribution in [0.1, 0.15) is 44.2 Å². The molecule has 1 N–H and O–H groups in total. The van der Waals surface area contributed by atoms with E-state index in [1.54, 1.807) is 0 Å². The van der Waals surface area contributed by atoms with Gasteiger partial charge in [0, 0.05) is 31.6 Å². The van der Waals surface area contributed by atoms with Gasteiger partial charge in [0.1, 0.15) is 0 Å². The van der Waals surface area contributed by atoms with Crippen molar-refractivity contribution >= 4 is 0 Å². The van der Waals surface area contributed by atoms with Gasteiger partial charge >= 0.3 is 0 Å². The number of nitrogens with one attached hydrogen (secondary N) is 1. The molecular formula is C18H26N2. The van der Waals surface area contributed by atoms with Crippen LogP contribution in [-0.2, 0) is 0 Å². The molecular weight excluding hydrogens is 244 g/mol. The average molecular weight is 270 g/mol. The Kier molecular flexibility index (Phi) is 6.11. The largest absolute Gasteiger partial charge is 0.307 e. The fourth-order valence-electron chi connectivity index (χ4n) is 2.98. The predicted molar refractivity (Wildman–Crippen MR) is 85.5 cm³/mol. The van der Waals surface area contributed by atoms with E-state index in [1.165, 1.54) is 24.9 Å². The summed E-state index contributed by atoms with van der Waals surface area (Å²) in [6.07, 6.45) is 9.80. The van der Waals surface area contributed by atoms with E-state index in [2.05, 4.69) is 53.4 Å². The zero-order chi connectivity index (χ0) is 14.2. The van der Waals surface area contributed by atoms with Gasteiger partial charge in [-0.05, 0) is 31.4 Å². The van der Waals surface area contributed by atoms with Gasteiger partial charge in [0.15, 0.2) is 0 Å². The second kappa shape index (κ2) is 8.09. The summed E-state index contributed by atoms with van der Waals surface area (Å²) in [6, 6.07) is 11.9. The predicted octanol–water partition coefficient (Wildman–Crippen LogP) is 3.22. The van der Waals surface area contributed by atoms with Gasteiger partial charge < -0.3 is 5.32 Å². The highest BCUT2D eigenvalue weighted by Crippen LogP contribution is 2.21. The lowest BCUT2D eigenvalue weighted by atomic mass is 10.00. The Bertz CT molecular complexity index is 421. The molecule has 0 radical (unpaired) electrons. The molecule has 2 rings (SSSR count). The lowest BCUT2D eigenvalue weighted by molar-refractivity contribution is 0.124. The lowest BCUT2D eigenvalue weighted by Crippen LogP contribution is -2.52. The molecule has 1 heterocycles. The van der Waals surface area contributed by atoms with Crippen molar-refractivity contribution in [2.75, 3.05) is 19.6 Å². The van der Waals surface area contributed by atoms with Gasteiger partial charge in [0.25, 0.3) is 0 Å². The standard InChI is InChI=1S/C18H26N2/c1-3-5-6-10-13-20-15-18(19-14-17(20)4-2)16-11-8-7-9-12-16/h1,7-9,11-12,17-19H,4-6,10,13-15H2,2H3. The van der Waals surface area contributed by atoms with Gasteiger partial charge in [-0.25, -0.2) is 0 Å². The third-order valence-electron chi connectivity index (χ3n) is 4.22. The summed E-state index contributed by atoms with van der Waals surface area (Å²) in [5.41, 5.74) is 1.40. The smallest absolute Gasteiger partial charge is 0.0449 e. The third kappa shape index (κ3) is 4.10. The number of hydrogen-bond donors (Lipinski definition) is 1. The number of rotatable bonds is 6. The topological polar surface area (TPSA) is 15.3 Å². The molecule has 0 aromatic heterocycles. The van der Waals surface area contributed by atoms with Crippen LogP contribution in [0.15, 0.2) is 30.3 Å². The van der Waals surface area contributed by atoms with Gasteiger partial charge in [-0.15, -0.1) is 12.3 Å². The first-order valence-corrected chi connectivity index (χ1v) is 7.81. The van der Waals surface area contributed by atoms with E-state index in [0.29, 0.717) is 12.1 Å². The van der Waals surface area contributed by atoms with E-state index in [4.69, 9.17) is 6.42 Å². The van der Waals surface area contributed by atoms with E-state index in [0.717, 1.165) is 25.9 Å². The maximum Gasteiger partial charge on any atom is 0.0449 e. The SMILES string of the molecule is C#CCCCCN1CC(c2ccccc2)NCC1CC. The molecule has 20 heavy (non-hydrogen) atoms. The summed E-state index contributed by atoms with van der Waals surface area (Å²) in [7, 11) is 0. The molecule has 0 aliphatic carbocycles. The monoisotopic (exact) mass is 270 g/mol. The Labute approximate surface area is 123 Å². The molecule has 2 nitrogen and oxygen atoms in total. The minimum Gasteiger partial charge on any atom is -0.307 e. The molecule has 2 atom stereocenters. The number of unbranched alkanes of at least 4 members (excludes halogenated alkanes) is 2. The van der Waals surface area contributed by atoms with Crippen molar-refractivity contribution in [3.8, 4) is 12.3 Å². The first kappa shape index (κ1) is 15.1. The van der Waals surface area contributed by atoms with Crippen molar-refractivity contribution < 1.29 is 0 Å². The zero-order valence-corrected chi connectivity index (χ0v) is 12.5. The number of nitrogens with zero attached hydrogens (tertiary/aromatic N) is 1. The molecule has 1 aromatic rings. The fourth-order valence-corrected chi connectivity index (χ4v) is 2.98. The quantitative estimate of drug-likeness (QED) is 0.631. The van der Waals surface area contributed by atoms with Crippen molar-refractivity contribution in [1.29, 1.82) is 0 Å². The Morgan fingerprint density at radius 1 is 1.30 bits per heavy atom. The van der Waals surface area contributed by atoms with Crippen LogP contribution in [-0.4, -0.2) is 30.6 Å². The summed E-state index contributed by atoms with van der Waals surface area (Å²) >= 11 is 0. The van der Waals surface area contributed by atoms with Crippen LogP contribution in [0.2, 0.25) is 0 Å². The van der Waals surface area contributed by atoms with Crippen molar-refractivity contribution in [2.24, 2.45) is 0 Å². The van der Waals surface area contributed by atoms with E-state index in [1.807, 2.05) is 0 Å². The Morgan fingerprint density at radius 3 is 2.80 bits per heavy atom. The van der Waals surface area contributed by atoms with E-state index < -0.39 is 0 Å². The van der Waals surface area contributed by atoms with Gasteiger partial charge in [-0.1, -0.05) is 37.3 Å². The fraction of sp³-hybridized carbons (Fsp3) is 0.556. The van der Waals surface area contributed by atoms with Crippen molar-refractivity contribution in [3.05, 3.63) is 35.9 Å². The second-order valence-electron chi connectivity index (χ2n) is 5.59. The molecule has 2 unspecified atom stereocenters. The molecule has 0 bridgehead atoms. The van der Waals surface area contributed by atoms with Crippen LogP contribution in [0.4, 0.5) is 0 Å². The average Bonchev–Trinajstić information content (AvgIpc) is 2.52. The molecule has 1 aliphatic rings. The van der Waals surface area contributed by atoms with Gasteiger partial charge in [0.05, 0.1) is 0 Å². The highest BCUT2D eigenvalue weighted by Gasteiger charge is 2.26. The van der Waals surface area contributed by atoms with Crippen molar-refractivity contribution in [3.63, 3.8) is 0 Å². The molecule has 108 valence electrons. The highest BCUT2D eigenvalue weighted by atomic mass is 15.2. The summed E-state index contributed by atoms with van der Waals surface area (Å²) < 4.78 is 0. The zero-order valence-electron chi connectivity index (χ0n) is 12.5. The third-order valence-corrected chi connectivity index (χ3v) is 4.22. The summed E-state index contributed by atoms with van der Waals surface area (Å²) in [5.74, 6) is 2.73. The van der Waals surface area contributed by atoms with Gasteiger partial charge in [-0.2, -0.15) is 0 Å². The Morgan fingerprint density at radius 2 is 2.10 bits per heavy atom. The Balaban J connectivity index is 1.91. The van der Waals surface area contributed by atoms with Crippen LogP contribution >= 0.6 is 0 Å². The van der Waals surface area contributed by atoms with E-state index >= 15 is 0 Å². The van der Waals surface area contributed by atoms with Gasteiger partial charge in [-0.3, -0.25) is 4.90 Å². The maximum atomic E-state index is 5.33.